The Hall–Kier alpha value is -2.64. The van der Waals surface area contributed by atoms with Crippen LogP contribution in [-0.2, 0) is 14.8 Å². The van der Waals surface area contributed by atoms with E-state index in [1.807, 2.05) is 42.5 Å². The number of rotatable bonds is 1. The fraction of sp³-hybridized carbons (Fsp3) is 0.348. The molecule has 0 radical (unpaired) electrons. The van der Waals surface area contributed by atoms with Gasteiger partial charge in [0.05, 0.1) is 5.69 Å². The molecular formula is C23H27N3O3S. The minimum atomic E-state index is -4.09. The predicted octanol–water partition coefficient (Wildman–Crippen LogP) is 3.42. The van der Waals surface area contributed by atoms with Gasteiger partial charge in [0.15, 0.2) is 0 Å². The van der Waals surface area contributed by atoms with Crippen LogP contribution in [0.25, 0.3) is 11.1 Å². The first kappa shape index (κ1) is 20.6. The quantitative estimate of drug-likeness (QED) is 0.608. The third-order valence-electron chi connectivity index (χ3n) is 5.82. The summed E-state index contributed by atoms with van der Waals surface area (Å²) in [7, 11) is -4.09. The Kier molecular flexibility index (Phi) is 5.66. The van der Waals surface area contributed by atoms with E-state index < -0.39 is 21.5 Å². The van der Waals surface area contributed by atoms with Crippen LogP contribution >= 0.6 is 0 Å². The average molecular weight is 426 g/mol. The van der Waals surface area contributed by atoms with Gasteiger partial charge in [0.2, 0.25) is 0 Å². The van der Waals surface area contributed by atoms with E-state index in [9.17, 15) is 13.2 Å². The lowest BCUT2D eigenvalue weighted by Gasteiger charge is -2.17. The summed E-state index contributed by atoms with van der Waals surface area (Å²) in [5.74, 6) is -0.769. The third-order valence-corrected chi connectivity index (χ3v) is 7.19. The van der Waals surface area contributed by atoms with Crippen LogP contribution in [0.3, 0.4) is 0 Å². The average Bonchev–Trinajstić information content (AvgIpc) is 3.41. The highest BCUT2D eigenvalue weighted by Crippen LogP contribution is 2.43. The van der Waals surface area contributed by atoms with Crippen LogP contribution in [0.4, 0.5) is 5.69 Å². The molecule has 30 heavy (non-hydrogen) atoms. The maximum atomic E-state index is 13.2. The van der Waals surface area contributed by atoms with Gasteiger partial charge in [0.25, 0.3) is 15.9 Å². The molecule has 0 spiro atoms. The minimum absolute atomic E-state index is 0.0587. The van der Waals surface area contributed by atoms with Gasteiger partial charge < -0.3 is 11.1 Å². The zero-order chi connectivity index (χ0) is 21.2. The normalized spacial score (nSPS) is 26.2. The number of amides is 1. The van der Waals surface area contributed by atoms with E-state index in [-0.39, 0.29) is 10.8 Å². The van der Waals surface area contributed by atoms with Crippen LogP contribution in [0, 0.1) is 5.92 Å². The van der Waals surface area contributed by atoms with Crippen LogP contribution in [0.5, 0.6) is 0 Å². The number of hydrogen-bond acceptors (Lipinski definition) is 5. The van der Waals surface area contributed by atoms with Crippen LogP contribution in [0.15, 0.2) is 65.6 Å². The molecule has 2 aromatic carbocycles. The topological polar surface area (TPSA) is 101 Å². The van der Waals surface area contributed by atoms with Gasteiger partial charge in [-0.05, 0) is 48.9 Å². The Labute approximate surface area is 177 Å². The standard InChI is InChI=1S/C23H27N3O3S/c24-23-16-19(23)11-7-2-1-3-8-14-25-20-13-12-18(17-9-5-4-6-10-17)15-21(20)30(28,29)26-22(23)27/h4-7,9-13,15,19,25H,1-3,8,14,16,24H2,(H,26,27)/t19-,23-/m1/s1. The van der Waals surface area contributed by atoms with Crippen molar-refractivity contribution in [2.24, 2.45) is 11.7 Å². The lowest BCUT2D eigenvalue weighted by Crippen LogP contribution is -2.46. The summed E-state index contributed by atoms with van der Waals surface area (Å²) in [5, 5.41) is 3.23. The first-order valence-electron chi connectivity index (χ1n) is 10.4. The van der Waals surface area contributed by atoms with Crippen LogP contribution in [0.2, 0.25) is 0 Å². The Morgan fingerprint density at radius 3 is 2.60 bits per heavy atom. The van der Waals surface area contributed by atoms with E-state index in [0.29, 0.717) is 18.7 Å². The zero-order valence-electron chi connectivity index (χ0n) is 16.8. The molecule has 0 unspecified atom stereocenters. The van der Waals surface area contributed by atoms with Crippen molar-refractivity contribution in [1.29, 1.82) is 0 Å². The van der Waals surface area contributed by atoms with Gasteiger partial charge in [-0.1, -0.05) is 55.0 Å². The molecule has 1 amide bonds. The van der Waals surface area contributed by atoms with Gasteiger partial charge in [0.1, 0.15) is 10.4 Å². The molecule has 7 heteroatoms. The number of carbonyl (C=O) groups is 1. The van der Waals surface area contributed by atoms with Gasteiger partial charge >= 0.3 is 0 Å². The largest absolute Gasteiger partial charge is 0.384 e. The lowest BCUT2D eigenvalue weighted by atomic mass is 10.1. The fourth-order valence-corrected chi connectivity index (χ4v) is 5.08. The fourth-order valence-electron chi connectivity index (χ4n) is 3.83. The zero-order valence-corrected chi connectivity index (χ0v) is 17.6. The van der Waals surface area contributed by atoms with Crippen molar-refractivity contribution in [2.75, 3.05) is 11.9 Å². The second-order valence-electron chi connectivity index (χ2n) is 8.07. The molecule has 0 saturated heterocycles. The van der Waals surface area contributed by atoms with Gasteiger partial charge in [-0.2, -0.15) is 0 Å². The van der Waals surface area contributed by atoms with Gasteiger partial charge in [-0.3, -0.25) is 4.79 Å². The Morgan fingerprint density at radius 1 is 1.00 bits per heavy atom. The van der Waals surface area contributed by atoms with E-state index in [4.69, 9.17) is 5.73 Å². The van der Waals surface area contributed by atoms with Gasteiger partial charge in [-0.15, -0.1) is 0 Å². The SMILES string of the molecule is N[C@]12C[C@H]1C=CCCCCCNc1ccc(-c3ccccc3)cc1S(=O)(=O)NC2=O. The van der Waals surface area contributed by atoms with Crippen molar-refractivity contribution in [3.05, 3.63) is 60.7 Å². The van der Waals surface area contributed by atoms with E-state index in [0.717, 1.165) is 36.8 Å². The number of carbonyl (C=O) groups excluding carboxylic acids is 1. The molecule has 1 fully saturated rings. The number of allylic oxidation sites excluding steroid dienone is 1. The molecule has 1 aliphatic heterocycles. The molecular weight excluding hydrogens is 398 g/mol. The molecule has 158 valence electrons. The van der Waals surface area contributed by atoms with E-state index >= 15 is 0 Å². The number of fused-ring (bicyclic) bond motifs is 2. The Bertz CT molecular complexity index is 1070. The van der Waals surface area contributed by atoms with Crippen molar-refractivity contribution in [1.82, 2.24) is 4.72 Å². The van der Waals surface area contributed by atoms with E-state index in [1.54, 1.807) is 12.1 Å². The monoisotopic (exact) mass is 425 g/mol. The molecule has 0 aromatic heterocycles. The van der Waals surface area contributed by atoms with E-state index in [2.05, 4.69) is 16.1 Å². The van der Waals surface area contributed by atoms with Crippen molar-refractivity contribution in [3.63, 3.8) is 0 Å². The third kappa shape index (κ3) is 4.27. The molecule has 1 heterocycles. The van der Waals surface area contributed by atoms with Crippen molar-refractivity contribution < 1.29 is 13.2 Å². The number of sulfonamides is 1. The van der Waals surface area contributed by atoms with Gasteiger partial charge in [0, 0.05) is 12.5 Å². The maximum Gasteiger partial charge on any atom is 0.266 e. The van der Waals surface area contributed by atoms with Crippen molar-refractivity contribution in [2.45, 2.75) is 42.5 Å². The smallest absolute Gasteiger partial charge is 0.266 e. The number of anilines is 1. The molecule has 1 saturated carbocycles. The van der Waals surface area contributed by atoms with Crippen LogP contribution in [-0.4, -0.2) is 26.4 Å². The van der Waals surface area contributed by atoms with Crippen LogP contribution in [0.1, 0.15) is 32.1 Å². The molecule has 6 nitrogen and oxygen atoms in total. The summed E-state index contributed by atoms with van der Waals surface area (Å²) < 4.78 is 28.6. The first-order valence-corrected chi connectivity index (χ1v) is 11.8. The highest BCUT2D eigenvalue weighted by atomic mass is 32.2. The molecule has 1 aliphatic carbocycles. The predicted molar refractivity (Wildman–Crippen MR) is 118 cm³/mol. The number of nitrogens with two attached hydrogens (primary N) is 1. The number of hydrogen-bond donors (Lipinski definition) is 3. The molecule has 2 aliphatic rings. The number of benzene rings is 2. The highest BCUT2D eigenvalue weighted by molar-refractivity contribution is 7.90. The van der Waals surface area contributed by atoms with Gasteiger partial charge in [-0.25, -0.2) is 13.1 Å². The molecule has 0 bridgehead atoms. The summed E-state index contributed by atoms with van der Waals surface area (Å²) in [6.07, 6.45) is 8.42. The van der Waals surface area contributed by atoms with Crippen molar-refractivity contribution >= 4 is 21.6 Å². The Morgan fingerprint density at radius 2 is 1.80 bits per heavy atom. The number of nitrogens with one attached hydrogen (secondary N) is 2. The molecule has 2 aromatic rings. The second kappa shape index (κ2) is 8.24. The molecule has 4 rings (SSSR count). The van der Waals surface area contributed by atoms with E-state index in [1.165, 1.54) is 0 Å². The van der Waals surface area contributed by atoms with Crippen LogP contribution < -0.4 is 15.8 Å². The summed E-state index contributed by atoms with van der Waals surface area (Å²) in [4.78, 5) is 12.8. The summed E-state index contributed by atoms with van der Waals surface area (Å²) in [6.45, 7) is 0.661. The maximum absolute atomic E-state index is 13.2. The summed E-state index contributed by atoms with van der Waals surface area (Å²) >= 11 is 0. The highest BCUT2D eigenvalue weighted by Gasteiger charge is 2.56. The second-order valence-corrected chi connectivity index (χ2v) is 9.72. The summed E-state index contributed by atoms with van der Waals surface area (Å²) in [6, 6.07) is 14.8. The Balaban J connectivity index is 1.71. The van der Waals surface area contributed by atoms with Crippen molar-refractivity contribution in [3.8, 4) is 11.1 Å². The summed E-state index contributed by atoms with van der Waals surface area (Å²) in [5.41, 5.74) is 7.19. The molecule has 4 N–H and O–H groups in total. The lowest BCUT2D eigenvalue weighted by molar-refractivity contribution is -0.121. The molecule has 2 atom stereocenters. The first-order chi connectivity index (χ1) is 14.4. The minimum Gasteiger partial charge on any atom is -0.384 e.